The summed E-state index contributed by atoms with van der Waals surface area (Å²) >= 11 is 0. The maximum absolute atomic E-state index is 13.7. The van der Waals surface area contributed by atoms with E-state index in [-0.39, 0.29) is 30.5 Å². The van der Waals surface area contributed by atoms with Crippen molar-refractivity contribution in [3.05, 3.63) is 76.0 Å². The molecule has 0 spiro atoms. The average molecular weight is 618 g/mol. The number of aryl methyl sites for hydroxylation is 3. The van der Waals surface area contributed by atoms with Crippen LogP contribution in [-0.2, 0) is 48.7 Å². The molecule has 1 aliphatic carbocycles. The normalized spacial score (nSPS) is 12.6. The maximum Gasteiger partial charge on any atom is 0.416 e. The number of benzene rings is 2. The highest BCUT2D eigenvalue weighted by Crippen LogP contribution is 2.34. The van der Waals surface area contributed by atoms with Crippen LogP contribution in [0.5, 0.6) is 0 Å². The first-order valence-electron chi connectivity index (χ1n) is 14.4. The van der Waals surface area contributed by atoms with Crippen LogP contribution in [0.25, 0.3) is 0 Å². The van der Waals surface area contributed by atoms with Gasteiger partial charge in [0.05, 0.1) is 24.3 Å². The van der Waals surface area contributed by atoms with E-state index < -0.39 is 11.7 Å². The third-order valence-electron chi connectivity index (χ3n) is 7.76. The summed E-state index contributed by atoms with van der Waals surface area (Å²) in [4.78, 5) is 15.9. The minimum absolute atomic E-state index is 0. The molecule has 0 fully saturated rings. The number of nitriles is 1. The number of halogens is 4. The number of rotatable bonds is 12. The van der Waals surface area contributed by atoms with Crippen molar-refractivity contribution >= 4 is 29.9 Å². The van der Waals surface area contributed by atoms with Gasteiger partial charge in [-0.3, -0.25) is 9.48 Å². The lowest BCUT2D eigenvalue weighted by atomic mass is 9.89. The highest BCUT2D eigenvalue weighted by molar-refractivity contribution is 5.85. The van der Waals surface area contributed by atoms with Gasteiger partial charge >= 0.3 is 12.1 Å². The topological polar surface area (TPSA) is 74.4 Å². The predicted molar refractivity (Wildman–Crippen MR) is 163 cm³/mol. The molecule has 7 nitrogen and oxygen atoms in total. The first-order chi connectivity index (χ1) is 20.1. The number of fused-ring (bicyclic) bond motifs is 1. The third kappa shape index (κ3) is 8.90. The molecular formula is C32H39ClF3N5O2. The third-order valence-corrected chi connectivity index (χ3v) is 7.76. The number of aromatic nitrogens is 2. The molecule has 0 saturated carbocycles. The zero-order valence-electron chi connectivity index (χ0n) is 24.9. The van der Waals surface area contributed by atoms with E-state index in [0.717, 1.165) is 75.0 Å². The van der Waals surface area contributed by atoms with Gasteiger partial charge in [0.1, 0.15) is 0 Å². The molecule has 4 rings (SSSR count). The van der Waals surface area contributed by atoms with Crippen molar-refractivity contribution in [1.29, 1.82) is 5.26 Å². The second kappa shape index (κ2) is 15.1. The van der Waals surface area contributed by atoms with Crippen LogP contribution in [0.3, 0.4) is 0 Å². The van der Waals surface area contributed by atoms with Gasteiger partial charge in [-0.15, -0.1) is 12.4 Å². The summed E-state index contributed by atoms with van der Waals surface area (Å²) in [5, 5.41) is 14.0. The summed E-state index contributed by atoms with van der Waals surface area (Å²) in [5.41, 5.74) is 4.35. The summed E-state index contributed by atoms with van der Waals surface area (Å²) in [6, 6.07) is 11.8. The Balaban J connectivity index is 0.00000506. The van der Waals surface area contributed by atoms with Gasteiger partial charge < -0.3 is 14.5 Å². The molecule has 3 aromatic rings. The molecule has 0 radical (unpaired) electrons. The number of hydrogen-bond donors (Lipinski definition) is 0. The van der Waals surface area contributed by atoms with Crippen molar-refractivity contribution in [1.82, 2.24) is 9.78 Å². The Bertz CT molecular complexity index is 1430. The van der Waals surface area contributed by atoms with Gasteiger partial charge in [0, 0.05) is 57.6 Å². The molecular weight excluding hydrogens is 579 g/mol. The minimum Gasteiger partial charge on any atom is -0.469 e. The Morgan fingerprint density at radius 3 is 2.40 bits per heavy atom. The van der Waals surface area contributed by atoms with Crippen molar-refractivity contribution in [2.45, 2.75) is 71.1 Å². The van der Waals surface area contributed by atoms with E-state index in [9.17, 15) is 23.2 Å². The van der Waals surface area contributed by atoms with Gasteiger partial charge in [-0.05, 0) is 92.0 Å². The van der Waals surface area contributed by atoms with E-state index >= 15 is 0 Å². The highest BCUT2D eigenvalue weighted by atomic mass is 35.5. The largest absolute Gasteiger partial charge is 0.469 e. The molecule has 232 valence electrons. The second-order valence-electron chi connectivity index (χ2n) is 10.8. The van der Waals surface area contributed by atoms with Crippen LogP contribution in [-0.4, -0.2) is 35.9 Å². The van der Waals surface area contributed by atoms with Gasteiger partial charge in [0.2, 0.25) is 0 Å². The Hall–Kier alpha value is -3.71. The molecule has 43 heavy (non-hydrogen) atoms. The number of hydrogen-bond acceptors (Lipinski definition) is 6. The Morgan fingerprint density at radius 1 is 1.07 bits per heavy atom. The van der Waals surface area contributed by atoms with Crippen molar-refractivity contribution in [3.8, 4) is 6.07 Å². The van der Waals surface area contributed by atoms with Crippen LogP contribution in [0.15, 0.2) is 42.6 Å². The van der Waals surface area contributed by atoms with Gasteiger partial charge in [-0.1, -0.05) is 6.07 Å². The van der Waals surface area contributed by atoms with Crippen LogP contribution < -0.4 is 9.80 Å². The van der Waals surface area contributed by atoms with Crippen LogP contribution in [0.2, 0.25) is 0 Å². The first-order valence-corrected chi connectivity index (χ1v) is 14.4. The molecule has 1 aliphatic rings. The summed E-state index contributed by atoms with van der Waals surface area (Å²) in [6.07, 6.45) is 3.46. The second-order valence-corrected chi connectivity index (χ2v) is 10.8. The summed E-state index contributed by atoms with van der Waals surface area (Å²) in [6.45, 7) is 4.22. The smallest absolute Gasteiger partial charge is 0.416 e. The molecule has 0 bridgehead atoms. The molecule has 0 amide bonds. The van der Waals surface area contributed by atoms with Crippen molar-refractivity contribution in [2.24, 2.45) is 7.05 Å². The first kappa shape index (κ1) is 33.8. The molecule has 0 N–H and O–H groups in total. The standard InChI is InChI=1S/C32H38F3N5O2.ClH/c1-4-39(13-8-7-11-31(41)42-3)29-19-26-10-6-5-9-25(26)18-27(29)22-40(30-12-14-38(2)37-30)21-24-15-23(20-36)16-28(17-24)32(33,34)35;/h12,14-19H,4-11,13,21-22H2,1-3H3;1H. The van der Waals surface area contributed by atoms with Crippen LogP contribution in [0, 0.1) is 11.3 Å². The van der Waals surface area contributed by atoms with Gasteiger partial charge in [0.25, 0.3) is 0 Å². The van der Waals surface area contributed by atoms with E-state index in [4.69, 9.17) is 4.74 Å². The number of esters is 1. The van der Waals surface area contributed by atoms with Crippen LogP contribution >= 0.6 is 12.4 Å². The fourth-order valence-electron chi connectivity index (χ4n) is 5.59. The quantitative estimate of drug-likeness (QED) is 0.161. The van der Waals surface area contributed by atoms with Crippen molar-refractivity contribution in [2.75, 3.05) is 30.0 Å². The van der Waals surface area contributed by atoms with Crippen LogP contribution in [0.4, 0.5) is 24.7 Å². The molecule has 0 aliphatic heterocycles. The Labute approximate surface area is 257 Å². The fourth-order valence-corrected chi connectivity index (χ4v) is 5.59. The molecule has 0 unspecified atom stereocenters. The maximum atomic E-state index is 13.7. The lowest BCUT2D eigenvalue weighted by Crippen LogP contribution is -2.29. The van der Waals surface area contributed by atoms with Crippen LogP contribution in [0.1, 0.15) is 72.4 Å². The highest BCUT2D eigenvalue weighted by Gasteiger charge is 2.31. The van der Waals surface area contributed by atoms with E-state index in [1.165, 1.54) is 24.3 Å². The number of unbranched alkanes of at least 4 members (excludes halogenated alkanes) is 1. The number of anilines is 2. The van der Waals surface area contributed by atoms with E-state index in [1.54, 1.807) is 11.7 Å². The molecule has 2 aromatic carbocycles. The number of alkyl halides is 3. The fraction of sp³-hybridized carbons (Fsp3) is 0.469. The predicted octanol–water partition coefficient (Wildman–Crippen LogP) is 6.99. The number of nitrogens with zero attached hydrogens (tertiary/aromatic N) is 5. The summed E-state index contributed by atoms with van der Waals surface area (Å²) in [5.74, 6) is 0.422. The number of carbonyl (C=O) groups excluding carboxylic acids is 1. The zero-order valence-corrected chi connectivity index (χ0v) is 25.7. The number of methoxy groups -OCH3 is 1. The average Bonchev–Trinajstić information content (AvgIpc) is 3.42. The van der Waals surface area contributed by atoms with Gasteiger partial charge in [-0.25, -0.2) is 0 Å². The summed E-state index contributed by atoms with van der Waals surface area (Å²) < 4.78 is 47.4. The van der Waals surface area contributed by atoms with Crippen molar-refractivity contribution < 1.29 is 22.7 Å². The number of carbonyl (C=O) groups is 1. The van der Waals surface area contributed by atoms with Gasteiger partial charge in [0.15, 0.2) is 5.82 Å². The Morgan fingerprint density at radius 2 is 1.79 bits per heavy atom. The molecule has 0 saturated heterocycles. The van der Waals surface area contributed by atoms with Gasteiger partial charge in [-0.2, -0.15) is 23.5 Å². The molecule has 0 atom stereocenters. The number of ether oxygens (including phenoxy) is 1. The summed E-state index contributed by atoms with van der Waals surface area (Å²) in [7, 11) is 3.20. The monoisotopic (exact) mass is 617 g/mol. The molecule has 1 heterocycles. The van der Waals surface area contributed by atoms with E-state index in [1.807, 2.05) is 23.2 Å². The zero-order chi connectivity index (χ0) is 30.3. The Kier molecular flexibility index (Phi) is 11.9. The lowest BCUT2D eigenvalue weighted by Gasteiger charge is -2.31. The molecule has 11 heteroatoms. The van der Waals surface area contributed by atoms with E-state index in [2.05, 4.69) is 29.1 Å². The minimum atomic E-state index is -4.56. The SMILES string of the molecule is CCN(CCCCC(=O)OC)c1cc2c(cc1CN(Cc1cc(C#N)cc(C(F)(F)F)c1)c1ccn(C)n1)CCCC2.Cl. The lowest BCUT2D eigenvalue weighted by molar-refractivity contribution is -0.140. The van der Waals surface area contributed by atoms with E-state index in [0.29, 0.717) is 24.3 Å². The van der Waals surface area contributed by atoms with Crippen molar-refractivity contribution in [3.63, 3.8) is 0 Å². The molecule has 1 aromatic heterocycles.